The van der Waals surface area contributed by atoms with Crippen molar-refractivity contribution in [1.82, 2.24) is 0 Å². The summed E-state index contributed by atoms with van der Waals surface area (Å²) in [7, 11) is 10.4. The van der Waals surface area contributed by atoms with Crippen LogP contribution < -0.4 is 0 Å². The van der Waals surface area contributed by atoms with Crippen LogP contribution in [-0.2, 0) is 0 Å². The molecule has 0 rings (SSSR count). The van der Waals surface area contributed by atoms with Crippen LogP contribution in [0.4, 0.5) is 0 Å². The standard InChI is InChI=1S/C5H11B.C4H9B.4ClH/c1-2-3-4-5-6;1-2-3-4-5;;;;/h2-5H2,1H3;2-4H2,1H3;4*1H. The van der Waals surface area contributed by atoms with Gasteiger partial charge in [0.15, 0.2) is 0 Å². The second-order valence-corrected chi connectivity index (χ2v) is 2.64. The van der Waals surface area contributed by atoms with Gasteiger partial charge in [-0.1, -0.05) is 58.6 Å². The summed E-state index contributed by atoms with van der Waals surface area (Å²) in [6.45, 7) is 4.31. The molecule has 0 saturated carbocycles. The summed E-state index contributed by atoms with van der Waals surface area (Å²) in [5.41, 5.74) is 0. The van der Waals surface area contributed by atoms with E-state index in [1.54, 1.807) is 0 Å². The van der Waals surface area contributed by atoms with Crippen LogP contribution in [0, 0.1) is 0 Å². The average Bonchev–Trinajstić information content (AvgIpc) is 2.04. The van der Waals surface area contributed by atoms with Gasteiger partial charge in [0.05, 0.1) is 15.7 Å². The third-order valence-corrected chi connectivity index (χ3v) is 1.37. The monoisotopic (exact) mass is 294 g/mol. The van der Waals surface area contributed by atoms with Crippen molar-refractivity contribution in [3.8, 4) is 0 Å². The van der Waals surface area contributed by atoms with Crippen LogP contribution in [0.25, 0.3) is 0 Å². The average molecular weight is 296 g/mol. The minimum atomic E-state index is 0. The minimum absolute atomic E-state index is 0. The molecule has 0 N–H and O–H groups in total. The number of unbranched alkanes of at least 4 members (excludes halogenated alkanes) is 3. The number of halogens is 4. The zero-order valence-electron chi connectivity index (χ0n) is 9.74. The van der Waals surface area contributed by atoms with Crippen molar-refractivity contribution in [2.24, 2.45) is 0 Å². The van der Waals surface area contributed by atoms with Gasteiger partial charge in [0.2, 0.25) is 0 Å². The van der Waals surface area contributed by atoms with Crippen LogP contribution >= 0.6 is 49.6 Å². The van der Waals surface area contributed by atoms with Gasteiger partial charge in [-0.05, 0) is 0 Å². The molecule has 0 aromatic rings. The Bertz CT molecular complexity index is 53.4. The van der Waals surface area contributed by atoms with Gasteiger partial charge in [-0.3, -0.25) is 0 Å². The topological polar surface area (TPSA) is 0 Å². The van der Waals surface area contributed by atoms with Crippen LogP contribution in [0.3, 0.4) is 0 Å². The van der Waals surface area contributed by atoms with Crippen molar-refractivity contribution >= 4 is 65.3 Å². The molecule has 0 heterocycles. The Morgan fingerprint density at radius 1 is 0.600 bits per heavy atom. The summed E-state index contributed by atoms with van der Waals surface area (Å²) in [4.78, 5) is 0. The molecule has 0 aromatic carbocycles. The maximum absolute atomic E-state index is 5.21. The summed E-state index contributed by atoms with van der Waals surface area (Å²) < 4.78 is 0. The second-order valence-electron chi connectivity index (χ2n) is 2.64. The van der Waals surface area contributed by atoms with Gasteiger partial charge < -0.3 is 0 Å². The van der Waals surface area contributed by atoms with E-state index in [4.69, 9.17) is 15.7 Å². The highest BCUT2D eigenvalue weighted by molar-refractivity contribution is 6.08. The first-order valence-electron chi connectivity index (χ1n) is 4.73. The molecule has 0 aromatic heterocycles. The molecule has 0 fully saturated rings. The van der Waals surface area contributed by atoms with Crippen LogP contribution in [0.15, 0.2) is 0 Å². The maximum atomic E-state index is 5.21. The lowest BCUT2D eigenvalue weighted by Gasteiger charge is -1.86. The summed E-state index contributed by atoms with van der Waals surface area (Å²) in [5.74, 6) is 0. The third kappa shape index (κ3) is 68.3. The zero-order valence-corrected chi connectivity index (χ0v) is 13.0. The van der Waals surface area contributed by atoms with E-state index in [0.717, 1.165) is 12.6 Å². The molecule has 0 aliphatic rings. The molecule has 0 bridgehead atoms. The highest BCUT2D eigenvalue weighted by Crippen LogP contribution is 1.94. The van der Waals surface area contributed by atoms with Crippen molar-refractivity contribution in [2.75, 3.05) is 0 Å². The quantitative estimate of drug-likeness (QED) is 0.504. The first kappa shape index (κ1) is 36.0. The Morgan fingerprint density at radius 3 is 1.00 bits per heavy atom. The fourth-order valence-corrected chi connectivity index (χ4v) is 0.598. The molecule has 0 nitrogen and oxygen atoms in total. The van der Waals surface area contributed by atoms with Crippen LogP contribution in [0.1, 0.15) is 46.0 Å². The van der Waals surface area contributed by atoms with E-state index in [0.29, 0.717) is 0 Å². The van der Waals surface area contributed by atoms with E-state index < -0.39 is 0 Å². The Hall–Kier alpha value is 1.29. The number of hydrogen-bond donors (Lipinski definition) is 0. The van der Waals surface area contributed by atoms with E-state index in [9.17, 15) is 0 Å². The predicted octanol–water partition coefficient (Wildman–Crippen LogP) is 4.82. The van der Waals surface area contributed by atoms with Crippen LogP contribution in [0.5, 0.6) is 0 Å². The lowest BCUT2D eigenvalue weighted by Crippen LogP contribution is -1.69. The van der Waals surface area contributed by atoms with Crippen molar-refractivity contribution in [2.45, 2.75) is 58.6 Å². The summed E-state index contributed by atoms with van der Waals surface area (Å²) >= 11 is 0. The molecule has 0 atom stereocenters. The molecule has 15 heavy (non-hydrogen) atoms. The maximum Gasteiger partial charge on any atom is 0.0653 e. The highest BCUT2D eigenvalue weighted by Gasteiger charge is 1.75. The zero-order chi connectivity index (χ0) is 8.95. The van der Waals surface area contributed by atoms with Crippen molar-refractivity contribution in [3.63, 3.8) is 0 Å². The SMILES string of the molecule is Cl.Cl.Cl.Cl.[B]CCCC.[B]CCCCC. The van der Waals surface area contributed by atoms with E-state index in [2.05, 4.69) is 13.8 Å². The smallest absolute Gasteiger partial charge is 0.0653 e. The molecular formula is C9H24B2Cl4. The first-order valence-corrected chi connectivity index (χ1v) is 4.73. The van der Waals surface area contributed by atoms with E-state index in [-0.39, 0.29) is 49.6 Å². The van der Waals surface area contributed by atoms with Crippen LogP contribution in [0.2, 0.25) is 12.6 Å². The normalized spacial score (nSPS) is 6.27. The summed E-state index contributed by atoms with van der Waals surface area (Å²) in [5, 5.41) is 0. The van der Waals surface area contributed by atoms with E-state index in [1.165, 1.54) is 32.1 Å². The molecule has 0 aliphatic heterocycles. The van der Waals surface area contributed by atoms with Gasteiger partial charge in [-0.25, -0.2) is 0 Å². The Balaban J connectivity index is -0.0000000215. The number of rotatable bonds is 5. The molecular weight excluding hydrogens is 272 g/mol. The van der Waals surface area contributed by atoms with Gasteiger partial charge >= 0.3 is 0 Å². The second kappa shape index (κ2) is 45.4. The highest BCUT2D eigenvalue weighted by atomic mass is 35.5. The van der Waals surface area contributed by atoms with Gasteiger partial charge in [-0.15, -0.1) is 49.6 Å². The fraction of sp³-hybridized carbons (Fsp3) is 1.00. The molecule has 0 saturated heterocycles. The van der Waals surface area contributed by atoms with Gasteiger partial charge in [0, 0.05) is 0 Å². The van der Waals surface area contributed by atoms with E-state index >= 15 is 0 Å². The van der Waals surface area contributed by atoms with E-state index in [1.807, 2.05) is 0 Å². The van der Waals surface area contributed by atoms with Gasteiger partial charge in [0.1, 0.15) is 0 Å². The molecule has 0 amide bonds. The summed E-state index contributed by atoms with van der Waals surface area (Å²) in [6.07, 6.45) is 7.84. The van der Waals surface area contributed by atoms with Crippen molar-refractivity contribution in [3.05, 3.63) is 0 Å². The van der Waals surface area contributed by atoms with Gasteiger partial charge in [0.25, 0.3) is 0 Å². The van der Waals surface area contributed by atoms with Crippen molar-refractivity contribution < 1.29 is 0 Å². The van der Waals surface area contributed by atoms with Crippen molar-refractivity contribution in [1.29, 1.82) is 0 Å². The molecule has 6 heteroatoms. The van der Waals surface area contributed by atoms with Crippen LogP contribution in [-0.4, -0.2) is 15.7 Å². The fourth-order valence-electron chi connectivity index (χ4n) is 0.598. The number of hydrogen-bond acceptors (Lipinski definition) is 0. The minimum Gasteiger partial charge on any atom is -0.147 e. The predicted molar refractivity (Wildman–Crippen MR) is 84.5 cm³/mol. The summed E-state index contributed by atoms with van der Waals surface area (Å²) in [6, 6.07) is 0. The Kier molecular flexibility index (Phi) is 109. The molecule has 0 unspecified atom stereocenters. The van der Waals surface area contributed by atoms with Gasteiger partial charge in [-0.2, -0.15) is 0 Å². The third-order valence-electron chi connectivity index (χ3n) is 1.37. The molecule has 0 aliphatic carbocycles. The first-order chi connectivity index (χ1) is 5.33. The lowest BCUT2D eigenvalue weighted by molar-refractivity contribution is 0.771. The largest absolute Gasteiger partial charge is 0.147 e. The Morgan fingerprint density at radius 2 is 0.933 bits per heavy atom. The molecule has 0 spiro atoms. The Labute approximate surface area is 124 Å². The molecule has 4 radical (unpaired) electrons. The lowest BCUT2D eigenvalue weighted by atomic mass is 10.00. The molecule has 94 valence electrons.